The lowest BCUT2D eigenvalue weighted by atomic mass is 10.1. The molecule has 1 aliphatic heterocycles. The summed E-state index contributed by atoms with van der Waals surface area (Å²) in [5.74, 6) is 0. The summed E-state index contributed by atoms with van der Waals surface area (Å²) in [5, 5.41) is 1.33. The lowest BCUT2D eigenvalue weighted by Crippen LogP contribution is -2.57. The number of nitrogens with zero attached hydrogens (tertiary/aromatic N) is 2. The van der Waals surface area contributed by atoms with Crippen molar-refractivity contribution in [3.63, 3.8) is 0 Å². The summed E-state index contributed by atoms with van der Waals surface area (Å²) >= 11 is 0. The number of allylic oxidation sites excluding steroid dienone is 1. The quantitative estimate of drug-likeness (QED) is 0.648. The van der Waals surface area contributed by atoms with Crippen LogP contribution in [0.3, 0.4) is 0 Å². The summed E-state index contributed by atoms with van der Waals surface area (Å²) in [5.41, 5.74) is 0.374. The van der Waals surface area contributed by atoms with Gasteiger partial charge in [0.25, 0.3) is 9.12 Å². The summed E-state index contributed by atoms with van der Waals surface area (Å²) in [6.45, 7) is 20.0. The van der Waals surface area contributed by atoms with Crippen LogP contribution in [-0.4, -0.2) is 29.3 Å². The fraction of sp³-hybridized carbons (Fsp3) is 0.692. The Morgan fingerprint density at radius 3 is 1.44 bits per heavy atom. The molecule has 0 saturated carbocycles. The Morgan fingerprint density at radius 2 is 1.25 bits per heavy atom. The summed E-state index contributed by atoms with van der Waals surface area (Å²) in [4.78, 5) is 0. The summed E-state index contributed by atoms with van der Waals surface area (Å²) in [6.07, 6.45) is 4.49. The number of hydrogen-bond donors (Lipinski definition) is 0. The van der Waals surface area contributed by atoms with Crippen molar-refractivity contribution in [2.75, 3.05) is 0 Å². The highest BCUT2D eigenvalue weighted by Crippen LogP contribution is 2.30. The fourth-order valence-corrected chi connectivity index (χ4v) is 5.26. The molecule has 0 saturated heterocycles. The summed E-state index contributed by atoms with van der Waals surface area (Å²) < 4.78 is 5.03. The molecule has 3 heteroatoms. The Bertz CT molecular complexity index is 283. The molecule has 92 valence electrons. The average molecular weight is 238 g/mol. The lowest BCUT2D eigenvalue weighted by molar-refractivity contribution is 0.284. The molecule has 0 aromatic carbocycles. The van der Waals surface area contributed by atoms with Crippen LogP contribution in [0.4, 0.5) is 0 Å². The van der Waals surface area contributed by atoms with E-state index in [0.717, 1.165) is 0 Å². The third-order valence-corrected chi connectivity index (χ3v) is 6.73. The monoisotopic (exact) mass is 238 g/mol. The van der Waals surface area contributed by atoms with Gasteiger partial charge in [0.15, 0.2) is 0 Å². The van der Waals surface area contributed by atoms with Gasteiger partial charge in [-0.1, -0.05) is 5.20 Å². The van der Waals surface area contributed by atoms with Crippen molar-refractivity contribution >= 4 is 9.12 Å². The molecule has 1 aliphatic rings. The van der Waals surface area contributed by atoms with Crippen LogP contribution < -0.4 is 0 Å². The molecule has 0 spiro atoms. The average Bonchev–Trinajstić information content (AvgIpc) is 2.43. The van der Waals surface area contributed by atoms with E-state index in [4.69, 9.17) is 0 Å². The van der Waals surface area contributed by atoms with Gasteiger partial charge in [0.05, 0.1) is 0 Å². The molecule has 1 heterocycles. The van der Waals surface area contributed by atoms with E-state index >= 15 is 0 Å². The molecule has 0 aromatic heterocycles. The van der Waals surface area contributed by atoms with Crippen molar-refractivity contribution < 1.29 is 0 Å². The second-order valence-corrected chi connectivity index (χ2v) is 9.52. The Hall–Kier alpha value is -0.703. The van der Waals surface area contributed by atoms with Crippen LogP contribution in [-0.2, 0) is 0 Å². The van der Waals surface area contributed by atoms with Gasteiger partial charge in [0, 0.05) is 23.5 Å². The van der Waals surface area contributed by atoms with Gasteiger partial charge in [0.1, 0.15) is 0 Å². The van der Waals surface area contributed by atoms with Gasteiger partial charge in [-0.15, -0.1) is 6.58 Å². The second-order valence-electron chi connectivity index (χ2n) is 6.67. The van der Waals surface area contributed by atoms with Crippen LogP contribution in [0, 0.1) is 0 Å². The van der Waals surface area contributed by atoms with Gasteiger partial charge in [-0.3, -0.25) is 0 Å². The normalized spacial score (nSPS) is 18.4. The first-order valence-electron chi connectivity index (χ1n) is 5.96. The Balaban J connectivity index is 3.04. The van der Waals surface area contributed by atoms with E-state index in [9.17, 15) is 0 Å². The highest BCUT2D eigenvalue weighted by Gasteiger charge is 2.40. The standard InChI is InChI=1S/C13H26N2Si/c1-11(2)16-14(12(3,4)5)9-10-15(16)13(6,7)8/h9-10,16H,1H2,2-8H3. The number of rotatable bonds is 1. The minimum absolute atomic E-state index is 0.187. The molecule has 0 bridgehead atoms. The van der Waals surface area contributed by atoms with Crippen molar-refractivity contribution in [3.05, 3.63) is 24.2 Å². The van der Waals surface area contributed by atoms with Crippen LogP contribution in [0.25, 0.3) is 0 Å². The van der Waals surface area contributed by atoms with Crippen LogP contribution >= 0.6 is 0 Å². The molecule has 0 unspecified atom stereocenters. The maximum absolute atomic E-state index is 4.20. The zero-order valence-electron chi connectivity index (χ0n) is 11.8. The van der Waals surface area contributed by atoms with Crippen LogP contribution in [0.5, 0.6) is 0 Å². The van der Waals surface area contributed by atoms with Crippen LogP contribution in [0.15, 0.2) is 24.2 Å². The van der Waals surface area contributed by atoms with E-state index in [1.165, 1.54) is 5.20 Å². The minimum atomic E-state index is -1.27. The molecule has 0 N–H and O–H groups in total. The van der Waals surface area contributed by atoms with E-state index in [-0.39, 0.29) is 11.1 Å². The summed E-state index contributed by atoms with van der Waals surface area (Å²) in [7, 11) is -1.27. The molecule has 0 aliphatic carbocycles. The molecule has 1 rings (SSSR count). The maximum Gasteiger partial charge on any atom is 0.276 e. The highest BCUT2D eigenvalue weighted by atomic mass is 28.3. The first-order chi connectivity index (χ1) is 7.05. The maximum atomic E-state index is 4.20. The van der Waals surface area contributed by atoms with Gasteiger partial charge in [0.2, 0.25) is 0 Å². The SMILES string of the molecule is C=C(C)[SiH]1N(C(C)(C)C)C=CN1C(C)(C)C. The minimum Gasteiger partial charge on any atom is -0.380 e. The van der Waals surface area contributed by atoms with Crippen molar-refractivity contribution in [3.8, 4) is 0 Å². The first kappa shape index (κ1) is 13.4. The van der Waals surface area contributed by atoms with Gasteiger partial charge in [-0.05, 0) is 48.5 Å². The van der Waals surface area contributed by atoms with Gasteiger partial charge >= 0.3 is 0 Å². The third-order valence-electron chi connectivity index (χ3n) is 2.90. The predicted molar refractivity (Wildman–Crippen MR) is 74.3 cm³/mol. The third kappa shape index (κ3) is 2.51. The fourth-order valence-electron chi connectivity index (χ4n) is 2.10. The van der Waals surface area contributed by atoms with E-state index in [2.05, 4.69) is 76.6 Å². The van der Waals surface area contributed by atoms with E-state index in [1.807, 2.05) is 0 Å². The van der Waals surface area contributed by atoms with E-state index < -0.39 is 9.12 Å². The molecule has 0 atom stereocenters. The van der Waals surface area contributed by atoms with Crippen molar-refractivity contribution in [2.45, 2.75) is 59.5 Å². The molecule has 2 nitrogen and oxygen atoms in total. The zero-order chi connectivity index (χ0) is 12.7. The lowest BCUT2D eigenvalue weighted by Gasteiger charge is -2.44. The predicted octanol–water partition coefficient (Wildman–Crippen LogP) is 3.01. The molecular weight excluding hydrogens is 212 g/mol. The molecule has 0 radical (unpaired) electrons. The Kier molecular flexibility index (Phi) is 3.30. The highest BCUT2D eigenvalue weighted by molar-refractivity contribution is 6.62. The Labute approximate surface area is 102 Å². The van der Waals surface area contributed by atoms with Gasteiger partial charge in [-0.25, -0.2) is 0 Å². The van der Waals surface area contributed by atoms with Gasteiger partial charge < -0.3 is 9.13 Å². The molecule has 0 aromatic rings. The van der Waals surface area contributed by atoms with Crippen LogP contribution in [0.2, 0.25) is 0 Å². The topological polar surface area (TPSA) is 6.48 Å². The Morgan fingerprint density at radius 1 is 0.938 bits per heavy atom. The summed E-state index contributed by atoms with van der Waals surface area (Å²) in [6, 6.07) is 0. The molecule has 0 fully saturated rings. The van der Waals surface area contributed by atoms with Gasteiger partial charge in [-0.2, -0.15) is 0 Å². The molecular formula is C13H26N2Si. The zero-order valence-corrected chi connectivity index (χ0v) is 13.0. The van der Waals surface area contributed by atoms with Crippen molar-refractivity contribution in [1.82, 2.24) is 9.13 Å². The second kappa shape index (κ2) is 3.95. The smallest absolute Gasteiger partial charge is 0.276 e. The molecule has 16 heavy (non-hydrogen) atoms. The van der Waals surface area contributed by atoms with Crippen molar-refractivity contribution in [1.29, 1.82) is 0 Å². The van der Waals surface area contributed by atoms with E-state index in [1.54, 1.807) is 0 Å². The first-order valence-corrected chi connectivity index (χ1v) is 7.57. The molecule has 0 amide bonds. The van der Waals surface area contributed by atoms with Crippen LogP contribution in [0.1, 0.15) is 48.5 Å². The van der Waals surface area contributed by atoms with Crippen molar-refractivity contribution in [2.24, 2.45) is 0 Å². The number of hydrogen-bond acceptors (Lipinski definition) is 2. The largest absolute Gasteiger partial charge is 0.380 e. The van der Waals surface area contributed by atoms with E-state index in [0.29, 0.717) is 0 Å².